The molecule has 0 radical (unpaired) electrons. The molecule has 2 N–H and O–H groups in total. The Morgan fingerprint density at radius 1 is 0.771 bits per heavy atom. The summed E-state index contributed by atoms with van der Waals surface area (Å²) in [7, 11) is 0. The van der Waals surface area contributed by atoms with Crippen LogP contribution in [0.25, 0.3) is 0 Å². The van der Waals surface area contributed by atoms with Crippen LogP contribution >= 0.6 is 0 Å². The van der Waals surface area contributed by atoms with E-state index in [0.29, 0.717) is 19.3 Å². The van der Waals surface area contributed by atoms with Gasteiger partial charge in [-0.1, -0.05) is 71.9 Å². The van der Waals surface area contributed by atoms with E-state index in [0.717, 1.165) is 5.56 Å². The van der Waals surface area contributed by atoms with Crippen LogP contribution in [0.4, 0.5) is 4.79 Å². The molecule has 0 aromatic heterocycles. The second-order valence-electron chi connectivity index (χ2n) is 10.7. The van der Waals surface area contributed by atoms with E-state index in [1.165, 1.54) is 6.92 Å². The number of ether oxygens (including phenoxy) is 1. The van der Waals surface area contributed by atoms with Crippen molar-refractivity contribution >= 4 is 23.6 Å². The monoisotopic (exact) mass is 488 g/mol. The summed E-state index contributed by atoms with van der Waals surface area (Å²) in [5.41, 5.74) is 0.851. The van der Waals surface area contributed by atoms with Gasteiger partial charge < -0.3 is 15.4 Å². The average Bonchev–Trinajstić information content (AvgIpc) is 2.76. The Morgan fingerprint density at radius 2 is 1.31 bits per heavy atom. The maximum Gasteiger partial charge on any atom is 0.408 e. The highest BCUT2D eigenvalue weighted by molar-refractivity contribution is 5.93. The van der Waals surface area contributed by atoms with Gasteiger partial charge in [0.2, 0.25) is 5.91 Å². The van der Waals surface area contributed by atoms with Crippen molar-refractivity contribution in [1.29, 1.82) is 0 Å². The molecule has 0 fully saturated rings. The first-order chi connectivity index (χ1) is 16.4. The van der Waals surface area contributed by atoms with Crippen LogP contribution < -0.4 is 10.6 Å². The molecule has 0 spiro atoms. The fourth-order valence-corrected chi connectivity index (χ4v) is 3.97. The summed E-state index contributed by atoms with van der Waals surface area (Å²) in [6.07, 6.45) is 0.835. The number of alkyl carbamates (subject to hydrolysis) is 1. The molecule has 0 saturated heterocycles. The molecule has 35 heavy (non-hydrogen) atoms. The largest absolute Gasteiger partial charge is 0.445 e. The fourth-order valence-electron chi connectivity index (χ4n) is 3.97. The van der Waals surface area contributed by atoms with Gasteiger partial charge in [0.15, 0.2) is 11.6 Å². The molecule has 1 rings (SSSR count). The first-order valence-electron chi connectivity index (χ1n) is 12.7. The maximum atomic E-state index is 13.3. The van der Waals surface area contributed by atoms with Crippen molar-refractivity contribution in [2.45, 2.75) is 92.8 Å². The van der Waals surface area contributed by atoms with E-state index in [1.807, 2.05) is 71.9 Å². The molecule has 0 aliphatic carbocycles. The molecule has 0 unspecified atom stereocenters. The van der Waals surface area contributed by atoms with E-state index in [1.54, 1.807) is 0 Å². The fraction of sp³-hybridized carbons (Fsp3) is 0.643. The van der Waals surface area contributed by atoms with Crippen molar-refractivity contribution in [2.75, 3.05) is 0 Å². The van der Waals surface area contributed by atoms with Crippen molar-refractivity contribution in [2.24, 2.45) is 23.7 Å². The molecule has 0 aliphatic rings. The van der Waals surface area contributed by atoms with Crippen molar-refractivity contribution in [3.63, 3.8) is 0 Å². The first-order valence-corrected chi connectivity index (χ1v) is 12.7. The second-order valence-corrected chi connectivity index (χ2v) is 10.7. The van der Waals surface area contributed by atoms with Crippen LogP contribution in [0.1, 0.15) is 79.7 Å². The maximum absolute atomic E-state index is 13.3. The van der Waals surface area contributed by atoms with Gasteiger partial charge in [0, 0.05) is 12.3 Å². The molecular formula is C28H44N2O5. The van der Waals surface area contributed by atoms with Gasteiger partial charge in [-0.3, -0.25) is 14.4 Å². The SMILES string of the molecule is CC(=O)[C@H](CC(C)C)NC(=O)[C@@H](CC(=O)[C@H](CC(C)C)NC(=O)OCc1ccccc1)CC(C)C. The van der Waals surface area contributed by atoms with Gasteiger partial charge in [-0.05, 0) is 49.5 Å². The first kappa shape index (κ1) is 30.3. The van der Waals surface area contributed by atoms with Crippen molar-refractivity contribution < 1.29 is 23.9 Å². The molecule has 7 nitrogen and oxygen atoms in total. The molecule has 196 valence electrons. The summed E-state index contributed by atoms with van der Waals surface area (Å²) >= 11 is 0. The normalized spacial score (nSPS) is 13.9. The molecule has 1 aromatic rings. The standard InChI is InChI=1S/C28H44N2O5/c1-18(2)13-23(27(33)29-24(21(7)31)14-19(3)4)16-26(32)25(15-20(5)6)30-28(34)35-17-22-11-9-8-10-12-22/h8-12,18-20,23-25H,13-17H2,1-7H3,(H,29,33)(H,30,34)/t23-,24+,25+/m1/s1. The van der Waals surface area contributed by atoms with E-state index in [4.69, 9.17) is 4.74 Å². The molecule has 0 bridgehead atoms. The minimum Gasteiger partial charge on any atom is -0.445 e. The number of nitrogens with one attached hydrogen (secondary N) is 2. The number of Topliss-reactive ketones (excluding diaryl/α,β-unsaturated/α-hetero) is 2. The number of benzene rings is 1. The Morgan fingerprint density at radius 3 is 1.83 bits per heavy atom. The minimum absolute atomic E-state index is 0.00727. The van der Waals surface area contributed by atoms with Gasteiger partial charge in [-0.2, -0.15) is 0 Å². The minimum atomic E-state index is -0.750. The lowest BCUT2D eigenvalue weighted by molar-refractivity contribution is -0.133. The highest BCUT2D eigenvalue weighted by Gasteiger charge is 2.30. The van der Waals surface area contributed by atoms with Crippen LogP contribution in [0.2, 0.25) is 0 Å². The Hall–Kier alpha value is -2.70. The van der Waals surface area contributed by atoms with Crippen molar-refractivity contribution in [1.82, 2.24) is 10.6 Å². The Labute approximate surface area is 210 Å². The predicted octanol–water partition coefficient (Wildman–Crippen LogP) is 5.07. The number of hydrogen-bond donors (Lipinski definition) is 2. The van der Waals surface area contributed by atoms with Crippen molar-refractivity contribution in [3.05, 3.63) is 35.9 Å². The molecule has 1 aromatic carbocycles. The van der Waals surface area contributed by atoms with E-state index in [-0.39, 0.29) is 48.3 Å². The number of ketones is 2. The highest BCUT2D eigenvalue weighted by Crippen LogP contribution is 2.20. The van der Waals surface area contributed by atoms with Crippen LogP contribution in [-0.2, 0) is 25.7 Å². The van der Waals surface area contributed by atoms with Crippen LogP contribution in [0.15, 0.2) is 30.3 Å². The third-order valence-electron chi connectivity index (χ3n) is 5.69. The zero-order chi connectivity index (χ0) is 26.5. The van der Waals surface area contributed by atoms with Crippen molar-refractivity contribution in [3.8, 4) is 0 Å². The Bertz CT molecular complexity index is 820. The van der Waals surface area contributed by atoms with Gasteiger partial charge in [0.05, 0.1) is 12.1 Å². The molecule has 7 heteroatoms. The van der Waals surface area contributed by atoms with E-state index in [2.05, 4.69) is 10.6 Å². The third kappa shape index (κ3) is 12.5. The number of carbonyl (C=O) groups is 4. The smallest absolute Gasteiger partial charge is 0.408 e. The predicted molar refractivity (Wildman–Crippen MR) is 138 cm³/mol. The second kappa shape index (κ2) is 15.3. The summed E-state index contributed by atoms with van der Waals surface area (Å²) < 4.78 is 5.30. The number of carbonyl (C=O) groups excluding carboxylic acids is 4. The van der Waals surface area contributed by atoms with E-state index < -0.39 is 24.1 Å². The van der Waals surface area contributed by atoms with Gasteiger partial charge in [-0.25, -0.2) is 4.79 Å². The van der Waals surface area contributed by atoms with Gasteiger partial charge in [0.1, 0.15) is 6.61 Å². The van der Waals surface area contributed by atoms with Gasteiger partial charge >= 0.3 is 6.09 Å². The van der Waals surface area contributed by atoms with Crippen LogP contribution in [0.3, 0.4) is 0 Å². The summed E-state index contributed by atoms with van der Waals surface area (Å²) in [4.78, 5) is 50.9. The molecule has 0 saturated carbocycles. The summed E-state index contributed by atoms with van der Waals surface area (Å²) in [5, 5.41) is 5.57. The lowest BCUT2D eigenvalue weighted by Crippen LogP contribution is -2.46. The molecule has 0 aliphatic heterocycles. The summed E-state index contributed by atoms with van der Waals surface area (Å²) in [6, 6.07) is 7.99. The molecular weight excluding hydrogens is 444 g/mol. The highest BCUT2D eigenvalue weighted by atomic mass is 16.5. The van der Waals surface area contributed by atoms with Crippen LogP contribution in [0, 0.1) is 23.7 Å². The van der Waals surface area contributed by atoms with Gasteiger partial charge in [-0.15, -0.1) is 0 Å². The summed E-state index contributed by atoms with van der Waals surface area (Å²) in [5.74, 6) is -0.579. The number of rotatable bonds is 15. The lowest BCUT2D eigenvalue weighted by atomic mass is 9.87. The quantitative estimate of drug-likeness (QED) is 0.359. The summed E-state index contributed by atoms with van der Waals surface area (Å²) in [6.45, 7) is 13.5. The number of hydrogen-bond acceptors (Lipinski definition) is 5. The molecule has 0 heterocycles. The zero-order valence-corrected chi connectivity index (χ0v) is 22.4. The van der Waals surface area contributed by atoms with Crippen LogP contribution in [0.5, 0.6) is 0 Å². The lowest BCUT2D eigenvalue weighted by Gasteiger charge is -2.25. The molecule has 3 atom stereocenters. The average molecular weight is 489 g/mol. The Kier molecular flexibility index (Phi) is 13.3. The van der Waals surface area contributed by atoms with Gasteiger partial charge in [0.25, 0.3) is 0 Å². The topological polar surface area (TPSA) is 102 Å². The van der Waals surface area contributed by atoms with Crippen LogP contribution in [-0.4, -0.2) is 35.7 Å². The number of amides is 2. The van der Waals surface area contributed by atoms with E-state index >= 15 is 0 Å². The zero-order valence-electron chi connectivity index (χ0n) is 22.4. The third-order valence-corrected chi connectivity index (χ3v) is 5.69. The van der Waals surface area contributed by atoms with E-state index in [9.17, 15) is 19.2 Å². The Balaban J connectivity index is 2.88. The molecule has 2 amide bonds.